The molecule has 0 unspecified atom stereocenters. The second-order valence-corrected chi connectivity index (χ2v) is 12.8. The molecule has 39 heavy (non-hydrogen) atoms. The molecule has 1 heterocycles. The van der Waals surface area contributed by atoms with Crippen LogP contribution in [0.4, 0.5) is 11.4 Å². The fourth-order valence-corrected chi connectivity index (χ4v) is 7.10. The minimum atomic E-state index is -2.92. The van der Waals surface area contributed by atoms with Crippen LogP contribution in [0.2, 0.25) is 0 Å². The Hall–Kier alpha value is -2.01. The molecule has 1 aliphatic carbocycles. The zero-order valence-electron chi connectivity index (χ0n) is 23.1. The Morgan fingerprint density at radius 2 is 1.82 bits per heavy atom. The molecular weight excluding hydrogens is 536 g/mol. The molecule has 0 spiro atoms. The molecule has 2 fully saturated rings. The lowest BCUT2D eigenvalue weighted by molar-refractivity contribution is 0.0754. The van der Waals surface area contributed by atoms with Gasteiger partial charge in [0.1, 0.15) is 0 Å². The van der Waals surface area contributed by atoms with Gasteiger partial charge >= 0.3 is 0 Å². The first-order valence-corrected chi connectivity index (χ1v) is 15.6. The van der Waals surface area contributed by atoms with Crippen LogP contribution >= 0.6 is 23.2 Å². The Labute approximate surface area is 240 Å². The van der Waals surface area contributed by atoms with Crippen LogP contribution in [-0.2, 0) is 6.42 Å². The number of hydrogen-bond acceptors (Lipinski definition) is 7. The van der Waals surface area contributed by atoms with Gasteiger partial charge in [-0.2, -0.15) is 0 Å². The summed E-state index contributed by atoms with van der Waals surface area (Å²) in [5, 5.41) is 21.2. The van der Waals surface area contributed by atoms with Crippen molar-refractivity contribution in [3.63, 3.8) is 0 Å². The van der Waals surface area contributed by atoms with Crippen molar-refractivity contribution in [3.8, 4) is 0 Å². The van der Waals surface area contributed by atoms with E-state index in [9.17, 15) is 19.0 Å². The lowest BCUT2D eigenvalue weighted by Gasteiger charge is -2.47. The number of β-amino-alcohol motifs (C(OH)–C–C–N with tert-alkyl or cyclic N) is 1. The van der Waals surface area contributed by atoms with Gasteiger partial charge in [-0.15, -0.1) is 23.2 Å². The third-order valence-electron chi connectivity index (χ3n) is 7.98. The molecular formula is C29H45ClN4O4S. The second-order valence-electron chi connectivity index (χ2n) is 10.6. The molecule has 2 aromatic carbocycles. The Balaban J connectivity index is 0.00000420. The van der Waals surface area contributed by atoms with Crippen LogP contribution in [0.5, 0.6) is 0 Å². The van der Waals surface area contributed by atoms with Gasteiger partial charge in [-0.05, 0) is 75.6 Å². The number of anilines is 2. The van der Waals surface area contributed by atoms with Gasteiger partial charge in [-0.3, -0.25) is 18.2 Å². The molecule has 2 atom stereocenters. The largest absolute Gasteiger partial charge is 0.390 e. The quantitative estimate of drug-likeness (QED) is 0.198. The van der Waals surface area contributed by atoms with E-state index in [0.29, 0.717) is 43.1 Å². The summed E-state index contributed by atoms with van der Waals surface area (Å²) in [6, 6.07) is 14.8. The van der Waals surface area contributed by atoms with E-state index in [1.165, 1.54) is 6.42 Å². The van der Waals surface area contributed by atoms with Crippen LogP contribution < -0.4 is 20.3 Å². The molecule has 2 aromatic rings. The summed E-state index contributed by atoms with van der Waals surface area (Å²) in [6.07, 6.45) is 5.81. The minimum absolute atomic E-state index is 0. The molecule has 0 bridgehead atoms. The summed E-state index contributed by atoms with van der Waals surface area (Å²) in [7, 11) is -2.92. The molecule has 6 N–H and O–H groups in total. The Morgan fingerprint density at radius 3 is 2.44 bits per heavy atom. The number of rotatable bonds is 12. The maximum Gasteiger partial charge on any atom is 0.251 e. The van der Waals surface area contributed by atoms with Gasteiger partial charge in [0.15, 0.2) is 0 Å². The van der Waals surface area contributed by atoms with Gasteiger partial charge in [0, 0.05) is 36.4 Å². The van der Waals surface area contributed by atoms with E-state index in [4.69, 9.17) is 0 Å². The van der Waals surface area contributed by atoms with E-state index in [0.717, 1.165) is 43.4 Å². The molecule has 218 valence electrons. The average Bonchev–Trinajstić information content (AvgIpc) is 2.88. The highest BCUT2D eigenvalue weighted by Gasteiger charge is 2.36. The van der Waals surface area contributed by atoms with Crippen molar-refractivity contribution in [1.82, 2.24) is 10.6 Å². The van der Waals surface area contributed by atoms with Gasteiger partial charge in [0.05, 0.1) is 23.6 Å². The average molecular weight is 581 g/mol. The number of nitrogens with zero attached hydrogens (tertiary/aromatic N) is 1. The number of halogens is 1. The SMILES string of the molecule is CCNc1cc(C(=O)N[C@@H](Cc2ccccc2)[C@H](O)CNC2(CC)CCC2)cc(N2CCCCS2(O)O)c1.Cl. The summed E-state index contributed by atoms with van der Waals surface area (Å²) in [5.41, 5.74) is 2.91. The van der Waals surface area contributed by atoms with Crippen molar-refractivity contribution in [2.45, 2.75) is 76.5 Å². The third kappa shape index (κ3) is 8.02. The fourth-order valence-electron chi connectivity index (χ4n) is 5.42. The Morgan fingerprint density at radius 1 is 1.08 bits per heavy atom. The molecule has 1 aliphatic heterocycles. The molecule has 0 aromatic heterocycles. The minimum Gasteiger partial charge on any atom is -0.390 e. The molecule has 1 saturated heterocycles. The van der Waals surface area contributed by atoms with Crippen molar-refractivity contribution < 1.29 is 19.0 Å². The van der Waals surface area contributed by atoms with Crippen LogP contribution in [0, 0.1) is 0 Å². The number of hydrogen-bond donors (Lipinski definition) is 6. The fraction of sp³-hybridized carbons (Fsp3) is 0.552. The van der Waals surface area contributed by atoms with Crippen molar-refractivity contribution in [1.29, 1.82) is 0 Å². The number of carbonyl (C=O) groups excluding carboxylic acids is 1. The number of benzene rings is 2. The number of aliphatic hydroxyl groups excluding tert-OH is 1. The first-order valence-electron chi connectivity index (χ1n) is 14.0. The molecule has 8 nitrogen and oxygen atoms in total. The van der Waals surface area contributed by atoms with Crippen LogP contribution in [0.1, 0.15) is 68.3 Å². The summed E-state index contributed by atoms with van der Waals surface area (Å²) < 4.78 is 23.0. The lowest BCUT2D eigenvalue weighted by atomic mass is 9.74. The van der Waals surface area contributed by atoms with E-state index in [2.05, 4.69) is 22.9 Å². The van der Waals surface area contributed by atoms with E-state index in [1.807, 2.05) is 43.3 Å². The standard InChI is InChI=1S/C29H44N4O4S.ClH/c1-3-29(13-10-14-29)31-21-27(34)26(17-22-11-6-5-7-12-22)32-28(35)23-18-24(30-4-2)20-25(19-23)33-15-8-9-16-38(33,36)37;/h5-7,11-12,18-20,26-27,30-31,34,36-37H,3-4,8-10,13-17,21H2,1-2H3,(H,32,35);1H/t26-,27+;/m0./s1. The van der Waals surface area contributed by atoms with E-state index < -0.39 is 22.9 Å². The summed E-state index contributed by atoms with van der Waals surface area (Å²) in [4.78, 5) is 13.6. The van der Waals surface area contributed by atoms with Crippen molar-refractivity contribution in [2.75, 3.05) is 35.0 Å². The van der Waals surface area contributed by atoms with E-state index >= 15 is 0 Å². The normalized spacial score (nSPS) is 20.1. The first kappa shape index (κ1) is 31.5. The van der Waals surface area contributed by atoms with Crippen LogP contribution in [-0.4, -0.2) is 63.2 Å². The Bertz CT molecular complexity index is 1060. The smallest absolute Gasteiger partial charge is 0.251 e. The van der Waals surface area contributed by atoms with Gasteiger partial charge in [-0.25, -0.2) is 0 Å². The number of carbonyl (C=O) groups is 1. The van der Waals surface area contributed by atoms with Gasteiger partial charge in [0.25, 0.3) is 5.91 Å². The predicted octanol–water partition coefficient (Wildman–Crippen LogP) is 5.43. The molecule has 10 heteroatoms. The third-order valence-corrected chi connectivity index (χ3v) is 9.92. The molecule has 0 radical (unpaired) electrons. The van der Waals surface area contributed by atoms with Gasteiger partial charge in [-0.1, -0.05) is 37.3 Å². The number of nitrogens with one attached hydrogen (secondary N) is 3. The number of aliphatic hydroxyl groups is 1. The highest BCUT2D eigenvalue weighted by atomic mass is 35.5. The van der Waals surface area contributed by atoms with Crippen molar-refractivity contribution in [2.24, 2.45) is 0 Å². The van der Waals surface area contributed by atoms with Crippen LogP contribution in [0.3, 0.4) is 0 Å². The van der Waals surface area contributed by atoms with Gasteiger partial charge < -0.3 is 21.1 Å². The maximum absolute atomic E-state index is 13.6. The first-order chi connectivity index (χ1) is 18.2. The van der Waals surface area contributed by atoms with Crippen molar-refractivity contribution >= 4 is 40.5 Å². The summed E-state index contributed by atoms with van der Waals surface area (Å²) in [5.74, 6) is 0.0331. The predicted molar refractivity (Wildman–Crippen MR) is 164 cm³/mol. The zero-order chi connectivity index (χ0) is 27.2. The van der Waals surface area contributed by atoms with Gasteiger partial charge in [0.2, 0.25) is 0 Å². The van der Waals surface area contributed by atoms with Crippen LogP contribution in [0.15, 0.2) is 48.5 Å². The topological polar surface area (TPSA) is 117 Å². The number of amides is 1. The molecule has 1 amide bonds. The summed E-state index contributed by atoms with van der Waals surface area (Å²) >= 11 is 0. The van der Waals surface area contributed by atoms with E-state index in [1.54, 1.807) is 16.4 Å². The monoisotopic (exact) mass is 580 g/mol. The zero-order valence-corrected chi connectivity index (χ0v) is 24.7. The summed E-state index contributed by atoms with van der Waals surface area (Å²) in [6.45, 7) is 5.75. The lowest BCUT2D eigenvalue weighted by Crippen LogP contribution is -2.56. The highest BCUT2D eigenvalue weighted by molar-refractivity contribution is 8.25. The van der Waals surface area contributed by atoms with Crippen LogP contribution in [0.25, 0.3) is 0 Å². The molecule has 1 saturated carbocycles. The van der Waals surface area contributed by atoms with E-state index in [-0.39, 0.29) is 23.9 Å². The van der Waals surface area contributed by atoms with Crippen molar-refractivity contribution in [3.05, 3.63) is 59.7 Å². The molecule has 4 rings (SSSR count). The maximum atomic E-state index is 13.6. The highest BCUT2D eigenvalue weighted by Crippen LogP contribution is 2.50. The molecule has 2 aliphatic rings. The second kappa shape index (κ2) is 14.1. The Kier molecular flexibility index (Phi) is 11.4.